The number of carbonyl (C=O) groups excluding carboxylic acids is 1. The van der Waals surface area contributed by atoms with Gasteiger partial charge in [0, 0.05) is 16.4 Å². The molecule has 0 saturated carbocycles. The molecule has 5 nitrogen and oxygen atoms in total. The molecule has 0 aliphatic rings. The van der Waals surface area contributed by atoms with Crippen LogP contribution in [0.2, 0.25) is 0 Å². The minimum absolute atomic E-state index is 0.0600. The monoisotopic (exact) mass is 359 g/mol. The molecule has 3 rings (SSSR count). The maximum absolute atomic E-state index is 12.0. The predicted molar refractivity (Wildman–Crippen MR) is 98.0 cm³/mol. The average molecular weight is 359 g/mol. The van der Waals surface area contributed by atoms with Crippen LogP contribution in [0.15, 0.2) is 30.3 Å². The first kappa shape index (κ1) is 16.6. The molecule has 2 heterocycles. The van der Waals surface area contributed by atoms with Crippen LogP contribution in [0.3, 0.4) is 0 Å². The quantitative estimate of drug-likeness (QED) is 0.741. The summed E-state index contributed by atoms with van der Waals surface area (Å²) in [4.78, 5) is 18.5. The van der Waals surface area contributed by atoms with Gasteiger partial charge >= 0.3 is 0 Å². The molecule has 0 saturated heterocycles. The number of rotatable bonds is 5. The Morgan fingerprint density at radius 3 is 2.71 bits per heavy atom. The highest BCUT2D eigenvalue weighted by Crippen LogP contribution is 2.27. The van der Waals surface area contributed by atoms with Crippen LogP contribution in [-0.2, 0) is 4.79 Å². The summed E-state index contributed by atoms with van der Waals surface area (Å²) in [5, 5.41) is 3.20. The average Bonchev–Trinajstić information content (AvgIpc) is 3.17. The molecule has 0 unspecified atom stereocenters. The number of aromatic nitrogens is 2. The van der Waals surface area contributed by atoms with Gasteiger partial charge < -0.3 is 4.74 Å². The molecule has 0 aliphatic carbocycles. The third kappa shape index (κ3) is 3.98. The number of amides is 1. The van der Waals surface area contributed by atoms with Crippen LogP contribution in [0.25, 0.3) is 10.7 Å². The summed E-state index contributed by atoms with van der Waals surface area (Å²) in [7, 11) is 0. The number of benzene rings is 1. The van der Waals surface area contributed by atoms with E-state index in [1.807, 2.05) is 51.1 Å². The highest BCUT2D eigenvalue weighted by atomic mass is 32.1. The third-order valence-electron chi connectivity index (χ3n) is 3.48. The Labute approximate surface area is 148 Å². The van der Waals surface area contributed by atoms with Crippen molar-refractivity contribution in [2.24, 2.45) is 0 Å². The van der Waals surface area contributed by atoms with Crippen LogP contribution in [0, 0.1) is 20.8 Å². The van der Waals surface area contributed by atoms with Gasteiger partial charge in [0.15, 0.2) is 12.4 Å². The zero-order chi connectivity index (χ0) is 17.1. The Hall–Kier alpha value is -2.25. The van der Waals surface area contributed by atoms with Gasteiger partial charge in [-0.1, -0.05) is 6.07 Å². The van der Waals surface area contributed by atoms with Crippen molar-refractivity contribution in [3.05, 3.63) is 46.3 Å². The fraction of sp³-hybridized carbons (Fsp3) is 0.235. The fourth-order valence-corrected chi connectivity index (χ4v) is 3.50. The van der Waals surface area contributed by atoms with E-state index in [9.17, 15) is 4.79 Å². The van der Waals surface area contributed by atoms with Gasteiger partial charge in [0.05, 0.1) is 4.88 Å². The second-order valence-corrected chi connectivity index (χ2v) is 7.46. The summed E-state index contributed by atoms with van der Waals surface area (Å²) in [6.07, 6.45) is 0. The van der Waals surface area contributed by atoms with Crippen LogP contribution >= 0.6 is 22.9 Å². The summed E-state index contributed by atoms with van der Waals surface area (Å²) in [6.45, 7) is 6.02. The van der Waals surface area contributed by atoms with Crippen molar-refractivity contribution < 1.29 is 9.53 Å². The second kappa shape index (κ2) is 7.11. The van der Waals surface area contributed by atoms with Crippen LogP contribution in [-0.4, -0.2) is 21.9 Å². The van der Waals surface area contributed by atoms with Crippen molar-refractivity contribution >= 4 is 33.9 Å². The first-order chi connectivity index (χ1) is 11.5. The molecule has 1 amide bonds. The highest BCUT2D eigenvalue weighted by Gasteiger charge is 2.11. The van der Waals surface area contributed by atoms with Gasteiger partial charge in [0.1, 0.15) is 5.75 Å². The fourth-order valence-electron chi connectivity index (χ4n) is 2.04. The first-order valence-corrected chi connectivity index (χ1v) is 9.00. The van der Waals surface area contributed by atoms with E-state index in [-0.39, 0.29) is 12.5 Å². The smallest absolute Gasteiger partial charge is 0.264 e. The van der Waals surface area contributed by atoms with E-state index in [1.165, 1.54) is 22.0 Å². The normalized spacial score (nSPS) is 10.6. The molecule has 0 radical (unpaired) electrons. The standard InChI is InChI=1S/C17H17N3O2S2/c1-10-4-6-13(8-11(10)2)22-9-15(21)18-17-19-16(20-24-17)14-7-5-12(3)23-14/h4-8H,9H2,1-3H3,(H,18,19,20,21). The lowest BCUT2D eigenvalue weighted by Gasteiger charge is -2.07. The molecule has 124 valence electrons. The number of hydrogen-bond acceptors (Lipinski definition) is 6. The van der Waals surface area contributed by atoms with E-state index >= 15 is 0 Å². The number of ether oxygens (including phenoxy) is 1. The molecule has 0 aliphatic heterocycles. The lowest BCUT2D eigenvalue weighted by Crippen LogP contribution is -2.20. The van der Waals surface area contributed by atoms with Gasteiger partial charge in [0.2, 0.25) is 5.13 Å². The van der Waals surface area contributed by atoms with E-state index in [4.69, 9.17) is 4.74 Å². The minimum Gasteiger partial charge on any atom is -0.484 e. The number of carbonyl (C=O) groups is 1. The van der Waals surface area contributed by atoms with E-state index in [1.54, 1.807) is 11.3 Å². The lowest BCUT2D eigenvalue weighted by atomic mass is 10.1. The van der Waals surface area contributed by atoms with Gasteiger partial charge in [-0.25, -0.2) is 0 Å². The van der Waals surface area contributed by atoms with Crippen LogP contribution < -0.4 is 10.1 Å². The van der Waals surface area contributed by atoms with Crippen molar-refractivity contribution in [1.29, 1.82) is 0 Å². The number of nitrogens with zero attached hydrogens (tertiary/aromatic N) is 2. The number of aryl methyl sites for hydroxylation is 3. The molecule has 1 N–H and O–H groups in total. The summed E-state index contributed by atoms with van der Waals surface area (Å²) in [6, 6.07) is 9.76. The van der Waals surface area contributed by atoms with Gasteiger partial charge in [-0.05, 0) is 56.2 Å². The van der Waals surface area contributed by atoms with Crippen LogP contribution in [0.4, 0.5) is 5.13 Å². The van der Waals surface area contributed by atoms with Crippen molar-refractivity contribution in [2.75, 3.05) is 11.9 Å². The van der Waals surface area contributed by atoms with E-state index in [2.05, 4.69) is 14.7 Å². The topological polar surface area (TPSA) is 64.1 Å². The van der Waals surface area contributed by atoms with Crippen molar-refractivity contribution in [2.45, 2.75) is 20.8 Å². The maximum Gasteiger partial charge on any atom is 0.264 e. The molecule has 0 atom stereocenters. The van der Waals surface area contributed by atoms with Gasteiger partial charge in [-0.15, -0.1) is 11.3 Å². The Morgan fingerprint density at radius 2 is 2.00 bits per heavy atom. The van der Waals surface area contributed by atoms with E-state index < -0.39 is 0 Å². The Morgan fingerprint density at radius 1 is 1.17 bits per heavy atom. The van der Waals surface area contributed by atoms with Gasteiger partial charge in [-0.3, -0.25) is 10.1 Å². The highest BCUT2D eigenvalue weighted by molar-refractivity contribution is 7.15. The second-order valence-electron chi connectivity index (χ2n) is 5.42. The van der Waals surface area contributed by atoms with Crippen LogP contribution in [0.5, 0.6) is 5.75 Å². The molecular weight excluding hydrogens is 342 g/mol. The molecular formula is C17H17N3O2S2. The van der Waals surface area contributed by atoms with Crippen molar-refractivity contribution in [1.82, 2.24) is 9.36 Å². The molecule has 1 aromatic carbocycles. The van der Waals surface area contributed by atoms with Crippen LogP contribution in [0.1, 0.15) is 16.0 Å². The number of nitrogens with one attached hydrogen (secondary N) is 1. The molecule has 24 heavy (non-hydrogen) atoms. The lowest BCUT2D eigenvalue weighted by molar-refractivity contribution is -0.118. The van der Waals surface area contributed by atoms with Crippen molar-refractivity contribution in [3.63, 3.8) is 0 Å². The molecule has 2 aromatic heterocycles. The predicted octanol–water partition coefficient (Wildman–Crippen LogP) is 4.21. The number of hydrogen-bond donors (Lipinski definition) is 1. The zero-order valence-electron chi connectivity index (χ0n) is 13.6. The molecule has 0 fully saturated rings. The Bertz CT molecular complexity index is 870. The van der Waals surface area contributed by atoms with E-state index in [0.717, 1.165) is 10.4 Å². The molecule has 0 bridgehead atoms. The van der Waals surface area contributed by atoms with E-state index in [0.29, 0.717) is 16.7 Å². The number of thiophene rings is 1. The van der Waals surface area contributed by atoms with Crippen molar-refractivity contribution in [3.8, 4) is 16.5 Å². The first-order valence-electron chi connectivity index (χ1n) is 7.41. The Balaban J connectivity index is 1.57. The summed E-state index contributed by atoms with van der Waals surface area (Å²) in [5.74, 6) is 1.07. The van der Waals surface area contributed by atoms with Gasteiger partial charge in [-0.2, -0.15) is 9.36 Å². The SMILES string of the molecule is Cc1ccc(-c2nsc(NC(=O)COc3ccc(C)c(C)c3)n2)s1. The summed E-state index contributed by atoms with van der Waals surface area (Å²) < 4.78 is 9.79. The summed E-state index contributed by atoms with van der Waals surface area (Å²) in [5.41, 5.74) is 2.32. The maximum atomic E-state index is 12.0. The third-order valence-corrected chi connectivity index (χ3v) is 5.11. The van der Waals surface area contributed by atoms with Gasteiger partial charge in [0.25, 0.3) is 5.91 Å². The minimum atomic E-state index is -0.252. The number of anilines is 1. The summed E-state index contributed by atoms with van der Waals surface area (Å²) >= 11 is 2.79. The molecule has 3 aromatic rings. The molecule has 0 spiro atoms. The zero-order valence-corrected chi connectivity index (χ0v) is 15.3. The Kier molecular flexibility index (Phi) is 4.92. The largest absolute Gasteiger partial charge is 0.484 e. The molecule has 7 heteroatoms.